The number of benzene rings is 2. The third kappa shape index (κ3) is 3.62. The quantitative estimate of drug-likeness (QED) is 0.399. The first-order valence-electron chi connectivity index (χ1n) is 12.0. The summed E-state index contributed by atoms with van der Waals surface area (Å²) in [6, 6.07) is 14.2. The van der Waals surface area contributed by atoms with Crippen LogP contribution in [0.5, 0.6) is 17.2 Å². The number of rotatable bonds is 4. The molecule has 0 spiro atoms. The summed E-state index contributed by atoms with van der Waals surface area (Å²) in [5.74, 6) is 3.12. The van der Waals surface area contributed by atoms with Gasteiger partial charge < -0.3 is 25.0 Å². The Labute approximate surface area is 206 Å². The highest BCUT2D eigenvalue weighted by Gasteiger charge is 2.30. The summed E-state index contributed by atoms with van der Waals surface area (Å²) in [7, 11) is 0. The van der Waals surface area contributed by atoms with Crippen molar-refractivity contribution in [3.63, 3.8) is 0 Å². The van der Waals surface area contributed by atoms with Gasteiger partial charge >= 0.3 is 0 Å². The third-order valence-corrected chi connectivity index (χ3v) is 6.72. The van der Waals surface area contributed by atoms with Crippen molar-refractivity contribution in [2.24, 2.45) is 0 Å². The molecule has 0 saturated carbocycles. The van der Waals surface area contributed by atoms with Crippen LogP contribution in [-0.4, -0.2) is 56.8 Å². The van der Waals surface area contributed by atoms with E-state index < -0.39 is 0 Å². The van der Waals surface area contributed by atoms with E-state index in [0.29, 0.717) is 18.4 Å². The molecule has 7 rings (SSSR count). The van der Waals surface area contributed by atoms with E-state index in [1.54, 1.807) is 10.8 Å². The van der Waals surface area contributed by atoms with Gasteiger partial charge in [0, 0.05) is 49.0 Å². The molecular formula is C26H24N8O2. The predicted octanol–water partition coefficient (Wildman–Crippen LogP) is 3.69. The average molecular weight is 481 g/mol. The Morgan fingerprint density at radius 2 is 2.06 bits per heavy atom. The van der Waals surface area contributed by atoms with E-state index in [9.17, 15) is 0 Å². The van der Waals surface area contributed by atoms with Crippen molar-refractivity contribution in [1.82, 2.24) is 29.9 Å². The molecule has 0 bridgehead atoms. The molecule has 10 nitrogen and oxygen atoms in total. The highest BCUT2D eigenvalue weighted by Crippen LogP contribution is 2.39. The van der Waals surface area contributed by atoms with Crippen molar-refractivity contribution in [1.29, 1.82) is 0 Å². The van der Waals surface area contributed by atoms with Crippen LogP contribution in [0.4, 0.5) is 17.2 Å². The first-order chi connectivity index (χ1) is 17.7. The summed E-state index contributed by atoms with van der Waals surface area (Å²) in [6.07, 6.45) is 4.93. The highest BCUT2D eigenvalue weighted by molar-refractivity contribution is 5.95. The lowest BCUT2D eigenvalue weighted by molar-refractivity contribution is 0.247. The minimum atomic E-state index is 0.338. The van der Waals surface area contributed by atoms with E-state index in [-0.39, 0.29) is 0 Å². The van der Waals surface area contributed by atoms with Crippen LogP contribution in [0.1, 0.15) is 5.56 Å². The van der Waals surface area contributed by atoms with E-state index in [1.165, 1.54) is 6.33 Å². The summed E-state index contributed by atoms with van der Waals surface area (Å²) in [5.41, 5.74) is 4.60. The number of piperazine rings is 1. The van der Waals surface area contributed by atoms with Crippen molar-refractivity contribution in [2.45, 2.75) is 13.0 Å². The molecule has 2 aromatic carbocycles. The van der Waals surface area contributed by atoms with Gasteiger partial charge in [0.15, 0.2) is 5.65 Å². The normalized spacial score (nSPS) is 16.9. The van der Waals surface area contributed by atoms with Gasteiger partial charge in [0.25, 0.3) is 0 Å². The van der Waals surface area contributed by atoms with Gasteiger partial charge in [-0.15, -0.1) is 0 Å². The number of hydrogen-bond acceptors (Lipinski definition) is 9. The summed E-state index contributed by atoms with van der Waals surface area (Å²) in [6.45, 7) is 5.54. The SMILES string of the molecule is Cc1cc(Nc2ncnc3cc4c(cc23)N2CCNCC2CO4)ccc1Oc1ccn2ncnc2c1. The fourth-order valence-corrected chi connectivity index (χ4v) is 4.89. The Balaban J connectivity index is 1.18. The molecule has 36 heavy (non-hydrogen) atoms. The molecule has 1 unspecified atom stereocenters. The zero-order valence-corrected chi connectivity index (χ0v) is 19.7. The van der Waals surface area contributed by atoms with Gasteiger partial charge in [0.1, 0.15) is 42.3 Å². The van der Waals surface area contributed by atoms with Crippen LogP contribution < -0.4 is 25.0 Å². The molecule has 0 amide bonds. The van der Waals surface area contributed by atoms with E-state index in [0.717, 1.165) is 70.4 Å². The fraction of sp³-hybridized carbons (Fsp3) is 0.231. The molecule has 0 radical (unpaired) electrons. The van der Waals surface area contributed by atoms with Crippen LogP contribution in [0, 0.1) is 6.92 Å². The molecule has 1 fully saturated rings. The zero-order valence-electron chi connectivity index (χ0n) is 19.7. The molecule has 3 aromatic heterocycles. The third-order valence-electron chi connectivity index (χ3n) is 6.72. The average Bonchev–Trinajstić information content (AvgIpc) is 3.37. The first kappa shape index (κ1) is 20.9. The Morgan fingerprint density at radius 1 is 1.08 bits per heavy atom. The molecule has 2 aliphatic heterocycles. The molecule has 1 saturated heterocycles. The maximum Gasteiger partial charge on any atom is 0.158 e. The van der Waals surface area contributed by atoms with Crippen molar-refractivity contribution in [2.75, 3.05) is 36.5 Å². The summed E-state index contributed by atoms with van der Waals surface area (Å²) < 4.78 is 13.9. The van der Waals surface area contributed by atoms with E-state index in [2.05, 4.69) is 41.7 Å². The van der Waals surface area contributed by atoms with Gasteiger partial charge in [-0.2, -0.15) is 5.10 Å². The number of nitrogens with zero attached hydrogens (tertiary/aromatic N) is 6. The zero-order chi connectivity index (χ0) is 24.1. The van der Waals surface area contributed by atoms with Gasteiger partial charge in [0.2, 0.25) is 0 Å². The molecule has 0 aliphatic carbocycles. The van der Waals surface area contributed by atoms with Crippen LogP contribution in [0.2, 0.25) is 0 Å². The minimum absolute atomic E-state index is 0.338. The monoisotopic (exact) mass is 480 g/mol. The van der Waals surface area contributed by atoms with E-state index in [4.69, 9.17) is 9.47 Å². The van der Waals surface area contributed by atoms with Crippen molar-refractivity contribution in [3.05, 3.63) is 66.9 Å². The number of pyridine rings is 1. The molecule has 2 aliphatic rings. The topological polar surface area (TPSA) is 102 Å². The smallest absolute Gasteiger partial charge is 0.158 e. The second kappa shape index (κ2) is 8.35. The Kier molecular flexibility index (Phi) is 4.84. The standard InChI is InChI=1S/C26H24N8O2/c1-16-8-17(2-3-23(16)36-19-4-6-34-25(9-19)29-15-31-34)32-26-20-10-22-24(11-21(20)28-14-30-26)35-13-18-12-27-5-7-33(18)22/h2-4,6,8-11,14-15,18,27H,5,7,12-13H2,1H3,(H,28,30,32). The number of anilines is 3. The summed E-state index contributed by atoms with van der Waals surface area (Å²) in [5, 5.41) is 12.0. The van der Waals surface area contributed by atoms with Crippen LogP contribution >= 0.6 is 0 Å². The van der Waals surface area contributed by atoms with Crippen LogP contribution in [0.15, 0.2) is 61.3 Å². The fourth-order valence-electron chi connectivity index (χ4n) is 4.89. The summed E-state index contributed by atoms with van der Waals surface area (Å²) in [4.78, 5) is 15.7. The molecular weight excluding hydrogens is 456 g/mol. The van der Waals surface area contributed by atoms with Crippen molar-refractivity contribution >= 4 is 33.7 Å². The highest BCUT2D eigenvalue weighted by atomic mass is 16.5. The Bertz CT molecular complexity index is 1600. The number of ether oxygens (including phenoxy) is 2. The van der Waals surface area contributed by atoms with Crippen LogP contribution in [-0.2, 0) is 0 Å². The van der Waals surface area contributed by atoms with Gasteiger partial charge in [-0.05, 0) is 42.8 Å². The number of aryl methyl sites for hydroxylation is 1. The molecule has 2 N–H and O–H groups in total. The summed E-state index contributed by atoms with van der Waals surface area (Å²) >= 11 is 0. The second-order valence-electron chi connectivity index (χ2n) is 9.05. The van der Waals surface area contributed by atoms with Gasteiger partial charge in [-0.1, -0.05) is 0 Å². The first-order valence-corrected chi connectivity index (χ1v) is 12.0. The Hall–Kier alpha value is -4.44. The predicted molar refractivity (Wildman–Crippen MR) is 137 cm³/mol. The maximum absolute atomic E-state index is 6.12. The number of hydrogen-bond donors (Lipinski definition) is 2. The van der Waals surface area contributed by atoms with Crippen molar-refractivity contribution < 1.29 is 9.47 Å². The number of fused-ring (bicyclic) bond motifs is 5. The number of nitrogens with one attached hydrogen (secondary N) is 2. The van der Waals surface area contributed by atoms with Crippen LogP contribution in [0.25, 0.3) is 16.6 Å². The second-order valence-corrected chi connectivity index (χ2v) is 9.05. The molecule has 5 aromatic rings. The lowest BCUT2D eigenvalue weighted by Gasteiger charge is -2.42. The van der Waals surface area contributed by atoms with E-state index >= 15 is 0 Å². The Morgan fingerprint density at radius 3 is 3.00 bits per heavy atom. The van der Waals surface area contributed by atoms with E-state index in [1.807, 2.05) is 49.5 Å². The lowest BCUT2D eigenvalue weighted by Crippen LogP contribution is -2.55. The minimum Gasteiger partial charge on any atom is -0.489 e. The molecule has 10 heteroatoms. The van der Waals surface area contributed by atoms with Crippen molar-refractivity contribution in [3.8, 4) is 17.2 Å². The molecule has 5 heterocycles. The lowest BCUT2D eigenvalue weighted by atomic mass is 10.1. The molecule has 1 atom stereocenters. The number of aromatic nitrogens is 5. The maximum atomic E-state index is 6.12. The van der Waals surface area contributed by atoms with Gasteiger partial charge in [0.05, 0.1) is 17.2 Å². The molecule has 180 valence electrons. The van der Waals surface area contributed by atoms with Gasteiger partial charge in [-0.25, -0.2) is 19.5 Å². The largest absolute Gasteiger partial charge is 0.489 e. The van der Waals surface area contributed by atoms with Crippen LogP contribution in [0.3, 0.4) is 0 Å². The van der Waals surface area contributed by atoms with Gasteiger partial charge in [-0.3, -0.25) is 0 Å².